The quantitative estimate of drug-likeness (QED) is 0.887. The Kier molecular flexibility index (Phi) is 4.51. The van der Waals surface area contributed by atoms with Gasteiger partial charge in [-0.3, -0.25) is 0 Å². The van der Waals surface area contributed by atoms with Gasteiger partial charge in [0.25, 0.3) is 0 Å². The van der Waals surface area contributed by atoms with E-state index in [-0.39, 0.29) is 18.0 Å². The Balaban J connectivity index is 2.27. The Morgan fingerprint density at radius 3 is 2.43 bits per heavy atom. The standard InChI is InChI=1S/C15H19NO4S/c1-10-6-11(2)15(7-13(10)9-17)21(18,19)16-8-14-5-4-12(3)20-14/h4-7,16-17H,8-9H2,1-3H3. The Bertz CT molecular complexity index is 747. The van der Waals surface area contributed by atoms with Crippen LogP contribution in [0.2, 0.25) is 0 Å². The van der Waals surface area contributed by atoms with E-state index in [4.69, 9.17) is 4.42 Å². The number of aliphatic hydroxyl groups is 1. The van der Waals surface area contributed by atoms with Gasteiger partial charge in [-0.15, -0.1) is 0 Å². The van der Waals surface area contributed by atoms with E-state index >= 15 is 0 Å². The maximum Gasteiger partial charge on any atom is 0.241 e. The van der Waals surface area contributed by atoms with Crippen molar-refractivity contribution in [1.82, 2.24) is 4.72 Å². The van der Waals surface area contributed by atoms with E-state index < -0.39 is 10.0 Å². The number of furan rings is 1. The van der Waals surface area contributed by atoms with Gasteiger partial charge < -0.3 is 9.52 Å². The van der Waals surface area contributed by atoms with E-state index in [1.54, 1.807) is 32.0 Å². The van der Waals surface area contributed by atoms with Crippen LogP contribution in [0, 0.1) is 20.8 Å². The van der Waals surface area contributed by atoms with E-state index in [0.29, 0.717) is 16.9 Å². The van der Waals surface area contributed by atoms with Gasteiger partial charge in [0.15, 0.2) is 0 Å². The predicted molar refractivity (Wildman–Crippen MR) is 79.3 cm³/mol. The van der Waals surface area contributed by atoms with Crippen molar-refractivity contribution in [3.05, 3.63) is 52.5 Å². The van der Waals surface area contributed by atoms with Gasteiger partial charge in [0.05, 0.1) is 18.0 Å². The van der Waals surface area contributed by atoms with Crippen LogP contribution in [0.4, 0.5) is 0 Å². The molecule has 0 atom stereocenters. The van der Waals surface area contributed by atoms with Crippen LogP contribution in [0.15, 0.2) is 33.6 Å². The molecule has 0 aliphatic rings. The highest BCUT2D eigenvalue weighted by molar-refractivity contribution is 7.89. The molecule has 0 unspecified atom stereocenters. The zero-order valence-corrected chi connectivity index (χ0v) is 13.1. The van der Waals surface area contributed by atoms with Gasteiger partial charge in [-0.2, -0.15) is 0 Å². The maximum atomic E-state index is 12.4. The third kappa shape index (κ3) is 3.53. The van der Waals surface area contributed by atoms with Crippen LogP contribution in [0.25, 0.3) is 0 Å². The first-order chi connectivity index (χ1) is 9.83. The van der Waals surface area contributed by atoms with Gasteiger partial charge in [-0.25, -0.2) is 13.1 Å². The largest absolute Gasteiger partial charge is 0.465 e. The molecule has 0 bridgehead atoms. The SMILES string of the molecule is Cc1ccc(CNS(=O)(=O)c2cc(CO)c(C)cc2C)o1. The number of rotatable bonds is 5. The Labute approximate surface area is 124 Å². The summed E-state index contributed by atoms with van der Waals surface area (Å²) in [4.78, 5) is 0.181. The molecule has 0 aliphatic carbocycles. The molecule has 21 heavy (non-hydrogen) atoms. The van der Waals surface area contributed by atoms with Gasteiger partial charge in [0.1, 0.15) is 11.5 Å². The topological polar surface area (TPSA) is 79.5 Å². The number of aliphatic hydroxyl groups excluding tert-OH is 1. The average molecular weight is 309 g/mol. The molecule has 1 heterocycles. The minimum absolute atomic E-state index is 0.0952. The summed E-state index contributed by atoms with van der Waals surface area (Å²) in [5.41, 5.74) is 2.12. The second kappa shape index (κ2) is 6.01. The number of aryl methyl sites for hydroxylation is 3. The lowest BCUT2D eigenvalue weighted by molar-refractivity contribution is 0.280. The molecular formula is C15H19NO4S. The third-order valence-corrected chi connectivity index (χ3v) is 4.87. The fourth-order valence-electron chi connectivity index (χ4n) is 2.16. The maximum absolute atomic E-state index is 12.4. The average Bonchev–Trinajstić information content (AvgIpc) is 2.82. The Morgan fingerprint density at radius 2 is 1.86 bits per heavy atom. The summed E-state index contributed by atoms with van der Waals surface area (Å²) in [6.45, 7) is 5.29. The van der Waals surface area contributed by atoms with E-state index in [2.05, 4.69) is 4.72 Å². The van der Waals surface area contributed by atoms with Crippen molar-refractivity contribution in [2.75, 3.05) is 0 Å². The smallest absolute Gasteiger partial charge is 0.241 e. The fraction of sp³-hybridized carbons (Fsp3) is 0.333. The first-order valence-electron chi connectivity index (χ1n) is 6.59. The van der Waals surface area contributed by atoms with Crippen LogP contribution < -0.4 is 4.72 Å². The molecule has 0 saturated carbocycles. The lowest BCUT2D eigenvalue weighted by Crippen LogP contribution is -2.24. The second-order valence-corrected chi connectivity index (χ2v) is 6.77. The van der Waals surface area contributed by atoms with Crippen LogP contribution >= 0.6 is 0 Å². The lowest BCUT2D eigenvalue weighted by Gasteiger charge is -2.12. The number of hydrogen-bond acceptors (Lipinski definition) is 4. The minimum Gasteiger partial charge on any atom is -0.465 e. The summed E-state index contributed by atoms with van der Waals surface area (Å²) in [6.07, 6.45) is 0. The molecule has 0 radical (unpaired) electrons. The monoisotopic (exact) mass is 309 g/mol. The molecule has 1 aromatic carbocycles. The molecule has 6 heteroatoms. The summed E-state index contributed by atoms with van der Waals surface area (Å²) in [7, 11) is -3.65. The second-order valence-electron chi connectivity index (χ2n) is 5.04. The molecular weight excluding hydrogens is 290 g/mol. The molecule has 0 fully saturated rings. The van der Waals surface area contributed by atoms with Crippen LogP contribution in [0.1, 0.15) is 28.2 Å². The molecule has 0 aliphatic heterocycles. The molecule has 0 saturated heterocycles. The highest BCUT2D eigenvalue weighted by Crippen LogP contribution is 2.21. The predicted octanol–water partition coefficient (Wildman–Crippen LogP) is 2.18. The fourth-order valence-corrected chi connectivity index (χ4v) is 3.43. The minimum atomic E-state index is -3.65. The summed E-state index contributed by atoms with van der Waals surface area (Å²) in [5, 5.41) is 9.28. The van der Waals surface area contributed by atoms with E-state index in [0.717, 1.165) is 11.3 Å². The molecule has 2 rings (SSSR count). The number of nitrogens with one attached hydrogen (secondary N) is 1. The van der Waals surface area contributed by atoms with Crippen molar-refractivity contribution >= 4 is 10.0 Å². The van der Waals surface area contributed by atoms with Gasteiger partial charge in [0.2, 0.25) is 10.0 Å². The van der Waals surface area contributed by atoms with Crippen molar-refractivity contribution in [2.45, 2.75) is 38.8 Å². The summed E-state index contributed by atoms with van der Waals surface area (Å²) in [5.74, 6) is 1.29. The van der Waals surface area contributed by atoms with Crippen LogP contribution in [0.5, 0.6) is 0 Å². The van der Waals surface area contributed by atoms with Gasteiger partial charge >= 0.3 is 0 Å². The molecule has 114 valence electrons. The van der Waals surface area contributed by atoms with E-state index in [9.17, 15) is 13.5 Å². The molecule has 0 amide bonds. The third-order valence-electron chi connectivity index (χ3n) is 3.33. The van der Waals surface area contributed by atoms with Crippen molar-refractivity contribution in [3.63, 3.8) is 0 Å². The highest BCUT2D eigenvalue weighted by atomic mass is 32.2. The summed E-state index contributed by atoms with van der Waals surface area (Å²) in [6, 6.07) is 6.79. The zero-order chi connectivity index (χ0) is 15.6. The van der Waals surface area contributed by atoms with Crippen molar-refractivity contribution in [3.8, 4) is 0 Å². The first kappa shape index (κ1) is 15.8. The van der Waals surface area contributed by atoms with Crippen LogP contribution in [0.3, 0.4) is 0 Å². The molecule has 5 nitrogen and oxygen atoms in total. The van der Waals surface area contributed by atoms with Crippen LogP contribution in [-0.4, -0.2) is 13.5 Å². The molecule has 0 spiro atoms. The van der Waals surface area contributed by atoms with Gasteiger partial charge in [0, 0.05) is 0 Å². The molecule has 2 N–H and O–H groups in total. The van der Waals surface area contributed by atoms with E-state index in [1.165, 1.54) is 6.07 Å². The Morgan fingerprint density at radius 1 is 1.14 bits per heavy atom. The highest BCUT2D eigenvalue weighted by Gasteiger charge is 2.18. The zero-order valence-electron chi connectivity index (χ0n) is 12.3. The summed E-state index contributed by atoms with van der Waals surface area (Å²) >= 11 is 0. The normalized spacial score (nSPS) is 11.8. The number of hydrogen-bond donors (Lipinski definition) is 2. The van der Waals surface area contributed by atoms with Crippen molar-refractivity contribution < 1.29 is 17.9 Å². The number of sulfonamides is 1. The molecule has 2 aromatic rings. The summed E-state index contributed by atoms with van der Waals surface area (Å²) < 4.78 is 32.6. The first-order valence-corrected chi connectivity index (χ1v) is 8.08. The number of benzene rings is 1. The van der Waals surface area contributed by atoms with Crippen molar-refractivity contribution in [1.29, 1.82) is 0 Å². The van der Waals surface area contributed by atoms with E-state index in [1.807, 2.05) is 6.92 Å². The van der Waals surface area contributed by atoms with Gasteiger partial charge in [-0.05, 0) is 55.7 Å². The van der Waals surface area contributed by atoms with Crippen LogP contribution in [-0.2, 0) is 23.2 Å². The lowest BCUT2D eigenvalue weighted by atomic mass is 10.1. The van der Waals surface area contributed by atoms with Gasteiger partial charge in [-0.1, -0.05) is 6.07 Å². The molecule has 1 aromatic heterocycles. The van der Waals surface area contributed by atoms with Crippen molar-refractivity contribution in [2.24, 2.45) is 0 Å². The Hall–Kier alpha value is -1.63.